The van der Waals surface area contributed by atoms with Crippen LogP contribution in [0, 0.1) is 0 Å². The maximum absolute atomic E-state index is 10.7. The molecule has 17 heavy (non-hydrogen) atoms. The molecule has 0 aliphatic carbocycles. The Labute approximate surface area is 99.2 Å². The summed E-state index contributed by atoms with van der Waals surface area (Å²) in [5.41, 5.74) is 1.13. The number of rotatable bonds is 2. The summed E-state index contributed by atoms with van der Waals surface area (Å²) in [7, 11) is 0. The number of hydrogen-bond acceptors (Lipinski definition) is 5. The van der Waals surface area contributed by atoms with Gasteiger partial charge >= 0.3 is 5.97 Å². The van der Waals surface area contributed by atoms with Gasteiger partial charge in [0.15, 0.2) is 0 Å². The molecular weight excluding hydrogens is 240 g/mol. The van der Waals surface area contributed by atoms with Gasteiger partial charge in [0, 0.05) is 5.56 Å². The number of hydrogen-bond donors (Lipinski definition) is 1. The number of carbonyl (C=O) groups is 1. The molecule has 0 saturated heterocycles. The molecule has 0 radical (unpaired) electrons. The standard InChI is InChI=1S/C10H6N4O2S/c15-9(16)7-3-1-6(2-4-7)8-13-14-5-11-12-10(14)17-8/h1-5H,(H,15,16). The lowest BCUT2D eigenvalue weighted by Crippen LogP contribution is -1.94. The highest BCUT2D eigenvalue weighted by Gasteiger charge is 2.08. The molecule has 2 heterocycles. The summed E-state index contributed by atoms with van der Waals surface area (Å²) in [5.74, 6) is -0.935. The molecule has 0 spiro atoms. The van der Waals surface area contributed by atoms with Crippen LogP contribution in [0.5, 0.6) is 0 Å². The lowest BCUT2D eigenvalue weighted by atomic mass is 10.1. The third kappa shape index (κ3) is 1.66. The van der Waals surface area contributed by atoms with Gasteiger partial charge in [0.25, 0.3) is 0 Å². The maximum atomic E-state index is 10.7. The summed E-state index contributed by atoms with van der Waals surface area (Å²) < 4.78 is 1.59. The second kappa shape index (κ2) is 3.63. The molecule has 0 fully saturated rings. The van der Waals surface area contributed by atoms with Crippen LogP contribution in [-0.4, -0.2) is 30.9 Å². The number of fused-ring (bicyclic) bond motifs is 1. The third-order valence-corrected chi connectivity index (χ3v) is 3.23. The number of nitrogens with zero attached hydrogens (tertiary/aromatic N) is 4. The Hall–Kier alpha value is -2.28. The zero-order valence-corrected chi connectivity index (χ0v) is 9.26. The predicted molar refractivity (Wildman–Crippen MR) is 61.1 cm³/mol. The van der Waals surface area contributed by atoms with E-state index in [2.05, 4.69) is 15.3 Å². The molecule has 1 N–H and O–H groups in total. The van der Waals surface area contributed by atoms with Crippen molar-refractivity contribution in [1.29, 1.82) is 0 Å². The van der Waals surface area contributed by atoms with E-state index in [1.807, 2.05) is 0 Å². The van der Waals surface area contributed by atoms with Crippen LogP contribution in [0.3, 0.4) is 0 Å². The van der Waals surface area contributed by atoms with E-state index >= 15 is 0 Å². The smallest absolute Gasteiger partial charge is 0.335 e. The number of carboxylic acid groups (broad SMARTS) is 1. The van der Waals surface area contributed by atoms with Crippen molar-refractivity contribution < 1.29 is 9.90 Å². The molecule has 0 atom stereocenters. The molecule has 0 bridgehead atoms. The first-order chi connectivity index (χ1) is 8.24. The molecule has 0 aliphatic heterocycles. The van der Waals surface area contributed by atoms with Crippen molar-refractivity contribution in [2.75, 3.05) is 0 Å². The maximum Gasteiger partial charge on any atom is 0.335 e. The molecule has 6 nitrogen and oxygen atoms in total. The molecule has 0 aliphatic rings. The second-order valence-electron chi connectivity index (χ2n) is 3.35. The van der Waals surface area contributed by atoms with Crippen LogP contribution >= 0.6 is 11.3 Å². The highest BCUT2D eigenvalue weighted by Crippen LogP contribution is 2.24. The summed E-state index contributed by atoms with van der Waals surface area (Å²) in [6.07, 6.45) is 1.53. The van der Waals surface area contributed by atoms with Gasteiger partial charge in [-0.3, -0.25) is 0 Å². The molecule has 3 aromatic rings. The fourth-order valence-corrected chi connectivity index (χ4v) is 2.26. The molecule has 3 rings (SSSR count). The topological polar surface area (TPSA) is 80.4 Å². The van der Waals surface area contributed by atoms with Gasteiger partial charge in [0.2, 0.25) is 4.96 Å². The molecular formula is C10H6N4O2S. The summed E-state index contributed by atoms with van der Waals surface area (Å²) >= 11 is 1.40. The minimum atomic E-state index is -0.935. The van der Waals surface area contributed by atoms with Crippen LogP contribution in [0.25, 0.3) is 15.5 Å². The van der Waals surface area contributed by atoms with Gasteiger partial charge in [-0.15, -0.1) is 10.2 Å². The minimum Gasteiger partial charge on any atom is -0.478 e. The Morgan fingerprint density at radius 3 is 2.71 bits per heavy atom. The predicted octanol–water partition coefficient (Wildman–Crippen LogP) is 1.55. The van der Waals surface area contributed by atoms with E-state index in [1.165, 1.54) is 17.7 Å². The van der Waals surface area contributed by atoms with Gasteiger partial charge < -0.3 is 5.11 Å². The van der Waals surface area contributed by atoms with Gasteiger partial charge in [0.1, 0.15) is 11.3 Å². The highest BCUT2D eigenvalue weighted by molar-refractivity contribution is 7.19. The largest absolute Gasteiger partial charge is 0.478 e. The van der Waals surface area contributed by atoms with Crippen LogP contribution in [0.1, 0.15) is 10.4 Å². The van der Waals surface area contributed by atoms with Gasteiger partial charge in [-0.25, -0.2) is 4.79 Å². The average Bonchev–Trinajstić information content (AvgIpc) is 2.89. The van der Waals surface area contributed by atoms with E-state index in [-0.39, 0.29) is 5.56 Å². The first kappa shape index (κ1) is 9.91. The van der Waals surface area contributed by atoms with Crippen molar-refractivity contribution in [3.8, 4) is 10.6 Å². The van der Waals surface area contributed by atoms with Crippen LogP contribution in [-0.2, 0) is 0 Å². The summed E-state index contributed by atoms with van der Waals surface area (Å²) in [6.45, 7) is 0. The Kier molecular flexibility index (Phi) is 2.12. The van der Waals surface area contributed by atoms with E-state index in [9.17, 15) is 4.79 Å². The fraction of sp³-hybridized carbons (Fsp3) is 0. The van der Waals surface area contributed by atoms with E-state index < -0.39 is 5.97 Å². The number of carboxylic acids is 1. The van der Waals surface area contributed by atoms with E-state index in [4.69, 9.17) is 5.11 Å². The van der Waals surface area contributed by atoms with Gasteiger partial charge in [-0.2, -0.15) is 9.61 Å². The summed E-state index contributed by atoms with van der Waals surface area (Å²) in [5, 5.41) is 21.5. The molecule has 7 heteroatoms. The van der Waals surface area contributed by atoms with Crippen molar-refractivity contribution in [1.82, 2.24) is 19.8 Å². The van der Waals surface area contributed by atoms with Gasteiger partial charge in [-0.1, -0.05) is 23.5 Å². The molecule has 84 valence electrons. The fourth-order valence-electron chi connectivity index (χ4n) is 1.43. The zero-order chi connectivity index (χ0) is 11.8. The van der Waals surface area contributed by atoms with Crippen molar-refractivity contribution in [3.63, 3.8) is 0 Å². The Morgan fingerprint density at radius 2 is 2.06 bits per heavy atom. The van der Waals surface area contributed by atoms with Gasteiger partial charge in [0.05, 0.1) is 5.56 Å². The van der Waals surface area contributed by atoms with Crippen molar-refractivity contribution >= 4 is 22.3 Å². The molecule has 0 saturated carbocycles. The quantitative estimate of drug-likeness (QED) is 0.742. The first-order valence-electron chi connectivity index (χ1n) is 4.74. The molecule has 1 aromatic carbocycles. The molecule has 0 amide bonds. The van der Waals surface area contributed by atoms with E-state index in [1.54, 1.807) is 28.8 Å². The number of benzene rings is 1. The minimum absolute atomic E-state index is 0.261. The van der Waals surface area contributed by atoms with Crippen molar-refractivity contribution in [3.05, 3.63) is 36.2 Å². The Bertz CT molecular complexity index is 657. The van der Waals surface area contributed by atoms with Crippen LogP contribution < -0.4 is 0 Å². The average molecular weight is 246 g/mol. The van der Waals surface area contributed by atoms with Crippen LogP contribution in [0.4, 0.5) is 0 Å². The van der Waals surface area contributed by atoms with Crippen LogP contribution in [0.15, 0.2) is 30.6 Å². The van der Waals surface area contributed by atoms with Crippen molar-refractivity contribution in [2.45, 2.75) is 0 Å². The Morgan fingerprint density at radius 1 is 1.29 bits per heavy atom. The highest BCUT2D eigenvalue weighted by atomic mass is 32.1. The van der Waals surface area contributed by atoms with Gasteiger partial charge in [-0.05, 0) is 12.1 Å². The Balaban J connectivity index is 2.03. The monoisotopic (exact) mass is 246 g/mol. The molecule has 2 aromatic heterocycles. The lowest BCUT2D eigenvalue weighted by molar-refractivity contribution is 0.0697. The number of aromatic nitrogens is 4. The van der Waals surface area contributed by atoms with Crippen LogP contribution in [0.2, 0.25) is 0 Å². The SMILES string of the molecule is O=C(O)c1ccc(-c2nn3cnnc3s2)cc1. The zero-order valence-electron chi connectivity index (χ0n) is 8.44. The normalized spacial score (nSPS) is 10.8. The van der Waals surface area contributed by atoms with Crippen molar-refractivity contribution in [2.24, 2.45) is 0 Å². The molecule has 0 unspecified atom stereocenters. The lowest BCUT2D eigenvalue weighted by Gasteiger charge is -1.96. The second-order valence-corrected chi connectivity index (χ2v) is 4.30. The summed E-state index contributed by atoms with van der Waals surface area (Å²) in [4.78, 5) is 11.4. The van der Waals surface area contributed by atoms with E-state index in [0.717, 1.165) is 10.6 Å². The summed E-state index contributed by atoms with van der Waals surface area (Å²) in [6, 6.07) is 6.57. The number of aromatic carboxylic acids is 1. The third-order valence-electron chi connectivity index (χ3n) is 2.27. The first-order valence-corrected chi connectivity index (χ1v) is 5.56. The van der Waals surface area contributed by atoms with E-state index in [0.29, 0.717) is 4.96 Å².